The standard InChI is InChI=1S/C11H14O4S/c1-7-5-9(11(12)13)6-8(2)10(7)3-4-16(14)15/h5-6H,3-4H2,1-2H3,(H,12,13)(H,14,15). The Morgan fingerprint density at radius 2 is 1.81 bits per heavy atom. The zero-order valence-corrected chi connectivity index (χ0v) is 10.0. The molecule has 0 amide bonds. The zero-order valence-electron chi connectivity index (χ0n) is 9.19. The lowest BCUT2D eigenvalue weighted by atomic mass is 9.97. The van der Waals surface area contributed by atoms with Crippen molar-refractivity contribution in [2.24, 2.45) is 0 Å². The number of carboxylic acids is 1. The van der Waals surface area contributed by atoms with Crippen LogP contribution in [0.15, 0.2) is 12.1 Å². The molecule has 0 heterocycles. The van der Waals surface area contributed by atoms with Crippen molar-refractivity contribution < 1.29 is 18.7 Å². The lowest BCUT2D eigenvalue weighted by Crippen LogP contribution is -2.05. The van der Waals surface area contributed by atoms with Gasteiger partial charge in [0.2, 0.25) is 0 Å². The Balaban J connectivity index is 3.03. The number of rotatable bonds is 4. The molecule has 0 radical (unpaired) electrons. The van der Waals surface area contributed by atoms with Gasteiger partial charge in [0.15, 0.2) is 11.1 Å². The molecule has 0 aliphatic carbocycles. The smallest absolute Gasteiger partial charge is 0.335 e. The molecule has 1 aromatic carbocycles. The zero-order chi connectivity index (χ0) is 12.3. The van der Waals surface area contributed by atoms with Crippen molar-refractivity contribution in [1.29, 1.82) is 0 Å². The molecule has 0 saturated heterocycles. The first kappa shape index (κ1) is 12.9. The van der Waals surface area contributed by atoms with Gasteiger partial charge < -0.3 is 9.66 Å². The summed E-state index contributed by atoms with van der Waals surface area (Å²) in [5.41, 5.74) is 2.90. The number of benzene rings is 1. The first-order valence-electron chi connectivity index (χ1n) is 4.82. The summed E-state index contributed by atoms with van der Waals surface area (Å²) in [5, 5.41) is 8.85. The summed E-state index contributed by atoms with van der Waals surface area (Å²) in [5.74, 6) is -0.780. The minimum atomic E-state index is -1.81. The van der Waals surface area contributed by atoms with Gasteiger partial charge in [0.25, 0.3) is 0 Å². The molecule has 4 nitrogen and oxygen atoms in total. The van der Waals surface area contributed by atoms with E-state index in [1.165, 1.54) is 0 Å². The monoisotopic (exact) mass is 242 g/mol. The topological polar surface area (TPSA) is 74.6 Å². The fourth-order valence-corrected chi connectivity index (χ4v) is 2.08. The largest absolute Gasteiger partial charge is 0.478 e. The van der Waals surface area contributed by atoms with Crippen LogP contribution in [0.3, 0.4) is 0 Å². The van der Waals surface area contributed by atoms with E-state index in [1.807, 2.05) is 13.8 Å². The number of aryl methyl sites for hydroxylation is 2. The lowest BCUT2D eigenvalue weighted by molar-refractivity contribution is 0.0696. The number of hydrogen-bond donors (Lipinski definition) is 2. The van der Waals surface area contributed by atoms with Crippen molar-refractivity contribution in [3.05, 3.63) is 34.4 Å². The van der Waals surface area contributed by atoms with Crippen molar-refractivity contribution in [3.63, 3.8) is 0 Å². The van der Waals surface area contributed by atoms with Crippen LogP contribution < -0.4 is 0 Å². The summed E-state index contributed by atoms with van der Waals surface area (Å²) in [6.45, 7) is 3.63. The second-order valence-electron chi connectivity index (χ2n) is 3.67. The van der Waals surface area contributed by atoms with Gasteiger partial charge in [-0.2, -0.15) is 0 Å². The number of hydrogen-bond acceptors (Lipinski definition) is 2. The van der Waals surface area contributed by atoms with E-state index in [2.05, 4.69) is 0 Å². The molecule has 0 spiro atoms. The summed E-state index contributed by atoms with van der Waals surface area (Å²) in [6.07, 6.45) is 0.487. The molecule has 0 fully saturated rings. The first-order valence-corrected chi connectivity index (χ1v) is 6.10. The van der Waals surface area contributed by atoms with E-state index in [1.54, 1.807) is 12.1 Å². The maximum absolute atomic E-state index is 10.8. The van der Waals surface area contributed by atoms with E-state index in [0.29, 0.717) is 6.42 Å². The van der Waals surface area contributed by atoms with Gasteiger partial charge >= 0.3 is 5.97 Å². The van der Waals surface area contributed by atoms with Gasteiger partial charge in [-0.15, -0.1) is 0 Å². The van der Waals surface area contributed by atoms with Crippen molar-refractivity contribution in [1.82, 2.24) is 0 Å². The Morgan fingerprint density at radius 3 is 2.19 bits per heavy atom. The van der Waals surface area contributed by atoms with E-state index < -0.39 is 17.0 Å². The SMILES string of the molecule is Cc1cc(C(=O)O)cc(C)c1CCS(=O)O. The molecule has 88 valence electrons. The summed E-state index contributed by atoms with van der Waals surface area (Å²) >= 11 is -1.81. The molecule has 1 rings (SSSR count). The molecule has 1 atom stereocenters. The van der Waals surface area contributed by atoms with Crippen LogP contribution in [-0.2, 0) is 17.5 Å². The van der Waals surface area contributed by atoms with Crippen LogP contribution >= 0.6 is 0 Å². The summed E-state index contributed by atoms with van der Waals surface area (Å²) in [6, 6.07) is 3.18. The van der Waals surface area contributed by atoms with Crippen LogP contribution in [0.5, 0.6) is 0 Å². The second kappa shape index (κ2) is 5.23. The average molecular weight is 242 g/mol. The molecule has 2 N–H and O–H groups in total. The van der Waals surface area contributed by atoms with Crippen LogP contribution in [0, 0.1) is 13.8 Å². The molecule has 0 aliphatic rings. The van der Waals surface area contributed by atoms with Crippen molar-refractivity contribution in [3.8, 4) is 0 Å². The summed E-state index contributed by atoms with van der Waals surface area (Å²) in [4.78, 5) is 10.8. The van der Waals surface area contributed by atoms with Crippen molar-refractivity contribution in [2.45, 2.75) is 20.3 Å². The third-order valence-electron chi connectivity index (χ3n) is 2.47. The highest BCUT2D eigenvalue weighted by Gasteiger charge is 2.10. The third kappa shape index (κ3) is 3.15. The van der Waals surface area contributed by atoms with Crippen LogP contribution in [0.1, 0.15) is 27.0 Å². The third-order valence-corrected chi connectivity index (χ3v) is 3.02. The molecular weight excluding hydrogens is 228 g/mol. The molecule has 0 aliphatic heterocycles. The second-order valence-corrected chi connectivity index (χ2v) is 4.72. The number of carboxylic acid groups (broad SMARTS) is 1. The lowest BCUT2D eigenvalue weighted by Gasteiger charge is -2.10. The van der Waals surface area contributed by atoms with Gasteiger partial charge in [-0.05, 0) is 49.1 Å². The highest BCUT2D eigenvalue weighted by atomic mass is 32.2. The summed E-state index contributed by atoms with van der Waals surface area (Å²) in [7, 11) is 0. The first-order chi connectivity index (χ1) is 7.41. The average Bonchev–Trinajstić information content (AvgIpc) is 2.15. The van der Waals surface area contributed by atoms with Crippen molar-refractivity contribution >= 4 is 17.0 Å². The summed E-state index contributed by atoms with van der Waals surface area (Å²) < 4.78 is 19.3. The molecular formula is C11H14O4S. The molecule has 0 saturated carbocycles. The Hall–Kier alpha value is -1.20. The van der Waals surface area contributed by atoms with Crippen LogP contribution in [-0.4, -0.2) is 25.6 Å². The van der Waals surface area contributed by atoms with E-state index in [9.17, 15) is 9.00 Å². The van der Waals surface area contributed by atoms with E-state index in [4.69, 9.17) is 9.66 Å². The molecule has 0 bridgehead atoms. The fourth-order valence-electron chi connectivity index (χ4n) is 1.70. The van der Waals surface area contributed by atoms with Crippen LogP contribution in [0.2, 0.25) is 0 Å². The molecule has 5 heteroatoms. The van der Waals surface area contributed by atoms with Crippen LogP contribution in [0.25, 0.3) is 0 Å². The Bertz CT molecular complexity index is 417. The Labute approximate surface area is 96.6 Å². The van der Waals surface area contributed by atoms with Crippen molar-refractivity contribution in [2.75, 3.05) is 5.75 Å². The Kier molecular flexibility index (Phi) is 4.20. The highest BCUT2D eigenvalue weighted by molar-refractivity contribution is 7.79. The predicted octanol–water partition coefficient (Wildman–Crippen LogP) is 1.77. The highest BCUT2D eigenvalue weighted by Crippen LogP contribution is 2.17. The number of carbonyl (C=O) groups is 1. The van der Waals surface area contributed by atoms with Crippen LogP contribution in [0.4, 0.5) is 0 Å². The van der Waals surface area contributed by atoms with Gasteiger partial charge in [-0.3, -0.25) is 0 Å². The predicted molar refractivity (Wildman–Crippen MR) is 62.2 cm³/mol. The molecule has 1 unspecified atom stereocenters. The molecule has 0 aromatic heterocycles. The quantitative estimate of drug-likeness (QED) is 0.789. The Morgan fingerprint density at radius 1 is 1.31 bits per heavy atom. The van der Waals surface area contributed by atoms with E-state index in [0.717, 1.165) is 16.7 Å². The number of aromatic carboxylic acids is 1. The minimum absolute atomic E-state index is 0.175. The van der Waals surface area contributed by atoms with Gasteiger partial charge in [-0.1, -0.05) is 0 Å². The van der Waals surface area contributed by atoms with E-state index in [-0.39, 0.29) is 11.3 Å². The fraction of sp³-hybridized carbons (Fsp3) is 0.364. The van der Waals surface area contributed by atoms with Gasteiger partial charge in [0.05, 0.1) is 11.3 Å². The normalized spacial score (nSPS) is 12.4. The maximum Gasteiger partial charge on any atom is 0.335 e. The molecule has 16 heavy (non-hydrogen) atoms. The van der Waals surface area contributed by atoms with E-state index >= 15 is 0 Å². The van der Waals surface area contributed by atoms with Gasteiger partial charge in [-0.25, -0.2) is 9.00 Å². The maximum atomic E-state index is 10.8. The van der Waals surface area contributed by atoms with Gasteiger partial charge in [0.1, 0.15) is 0 Å². The molecule has 1 aromatic rings. The minimum Gasteiger partial charge on any atom is -0.478 e. The van der Waals surface area contributed by atoms with Gasteiger partial charge in [0, 0.05) is 0 Å².